The molecule has 1 aliphatic rings. The SMILES string of the molecule is CC(C)(CN)NC(=O)COc1cccc(N2CCCC2=O)c1. The summed E-state index contributed by atoms with van der Waals surface area (Å²) >= 11 is 0. The zero-order valence-corrected chi connectivity index (χ0v) is 13.1. The van der Waals surface area contributed by atoms with Crippen molar-refractivity contribution in [1.82, 2.24) is 5.32 Å². The molecule has 2 amide bonds. The summed E-state index contributed by atoms with van der Waals surface area (Å²) in [7, 11) is 0. The van der Waals surface area contributed by atoms with Gasteiger partial charge in [-0.3, -0.25) is 9.59 Å². The Morgan fingerprint density at radius 3 is 2.86 bits per heavy atom. The van der Waals surface area contributed by atoms with Gasteiger partial charge < -0.3 is 20.7 Å². The van der Waals surface area contributed by atoms with E-state index in [1.54, 1.807) is 17.0 Å². The molecule has 0 bridgehead atoms. The molecule has 0 spiro atoms. The van der Waals surface area contributed by atoms with Crippen molar-refractivity contribution in [3.05, 3.63) is 24.3 Å². The summed E-state index contributed by atoms with van der Waals surface area (Å²) in [5, 5.41) is 2.80. The zero-order chi connectivity index (χ0) is 16.2. The van der Waals surface area contributed by atoms with Crippen molar-refractivity contribution in [1.29, 1.82) is 0 Å². The number of carbonyl (C=O) groups is 2. The van der Waals surface area contributed by atoms with Crippen LogP contribution in [0.2, 0.25) is 0 Å². The number of amides is 2. The smallest absolute Gasteiger partial charge is 0.258 e. The minimum absolute atomic E-state index is 0.0825. The standard InChI is InChI=1S/C16H23N3O3/c1-16(2,11-17)18-14(20)10-22-13-6-3-5-12(9-13)19-8-4-7-15(19)21/h3,5-6,9H,4,7-8,10-11,17H2,1-2H3,(H,18,20). The van der Waals surface area contributed by atoms with Crippen LogP contribution in [0.15, 0.2) is 24.3 Å². The van der Waals surface area contributed by atoms with Gasteiger partial charge in [0, 0.05) is 36.8 Å². The Balaban J connectivity index is 1.93. The first-order valence-electron chi connectivity index (χ1n) is 7.45. The van der Waals surface area contributed by atoms with E-state index in [-0.39, 0.29) is 18.4 Å². The maximum absolute atomic E-state index is 11.8. The molecular formula is C16H23N3O3. The largest absolute Gasteiger partial charge is 0.484 e. The summed E-state index contributed by atoms with van der Waals surface area (Å²) < 4.78 is 5.50. The Morgan fingerprint density at radius 1 is 1.45 bits per heavy atom. The molecule has 6 heteroatoms. The van der Waals surface area contributed by atoms with Crippen molar-refractivity contribution < 1.29 is 14.3 Å². The fraction of sp³-hybridized carbons (Fsp3) is 0.500. The highest BCUT2D eigenvalue weighted by atomic mass is 16.5. The summed E-state index contributed by atoms with van der Waals surface area (Å²) in [6, 6.07) is 7.24. The molecule has 1 aliphatic heterocycles. The van der Waals surface area contributed by atoms with Gasteiger partial charge >= 0.3 is 0 Å². The van der Waals surface area contributed by atoms with Gasteiger partial charge in [0.15, 0.2) is 6.61 Å². The second-order valence-corrected chi connectivity index (χ2v) is 6.07. The average molecular weight is 305 g/mol. The lowest BCUT2D eigenvalue weighted by Gasteiger charge is -2.24. The van der Waals surface area contributed by atoms with Crippen molar-refractivity contribution in [2.24, 2.45) is 5.73 Å². The van der Waals surface area contributed by atoms with Crippen LogP contribution in [0.5, 0.6) is 5.75 Å². The van der Waals surface area contributed by atoms with Crippen molar-refractivity contribution in [2.45, 2.75) is 32.2 Å². The third-order valence-electron chi connectivity index (χ3n) is 3.56. The first-order chi connectivity index (χ1) is 10.4. The summed E-state index contributed by atoms with van der Waals surface area (Å²) in [5.41, 5.74) is 5.93. The molecular weight excluding hydrogens is 282 g/mol. The lowest BCUT2D eigenvalue weighted by Crippen LogP contribution is -2.50. The Bertz CT molecular complexity index is 557. The van der Waals surface area contributed by atoms with E-state index in [9.17, 15) is 9.59 Å². The van der Waals surface area contributed by atoms with E-state index in [0.29, 0.717) is 18.7 Å². The number of hydrogen-bond acceptors (Lipinski definition) is 4. The van der Waals surface area contributed by atoms with Crippen LogP contribution in [0.25, 0.3) is 0 Å². The molecule has 1 fully saturated rings. The Kier molecular flexibility index (Phi) is 5.03. The van der Waals surface area contributed by atoms with E-state index in [1.165, 1.54) is 0 Å². The number of nitrogens with one attached hydrogen (secondary N) is 1. The second kappa shape index (κ2) is 6.79. The molecule has 2 rings (SSSR count). The molecule has 0 saturated carbocycles. The third-order valence-corrected chi connectivity index (χ3v) is 3.56. The van der Waals surface area contributed by atoms with E-state index in [1.807, 2.05) is 26.0 Å². The van der Waals surface area contributed by atoms with Gasteiger partial charge in [-0.2, -0.15) is 0 Å². The molecule has 0 aromatic heterocycles. The Morgan fingerprint density at radius 2 is 2.23 bits per heavy atom. The molecule has 120 valence electrons. The number of nitrogens with two attached hydrogens (primary N) is 1. The van der Waals surface area contributed by atoms with Crippen LogP contribution < -0.4 is 20.7 Å². The highest BCUT2D eigenvalue weighted by Crippen LogP contribution is 2.25. The van der Waals surface area contributed by atoms with E-state index in [0.717, 1.165) is 18.7 Å². The van der Waals surface area contributed by atoms with Crippen LogP contribution in [0.3, 0.4) is 0 Å². The highest BCUT2D eigenvalue weighted by Gasteiger charge is 2.22. The second-order valence-electron chi connectivity index (χ2n) is 6.07. The van der Waals surface area contributed by atoms with Gasteiger partial charge in [0.25, 0.3) is 5.91 Å². The Hall–Kier alpha value is -2.08. The van der Waals surface area contributed by atoms with E-state index in [2.05, 4.69) is 5.32 Å². The number of nitrogens with zero attached hydrogens (tertiary/aromatic N) is 1. The number of ether oxygens (including phenoxy) is 1. The van der Waals surface area contributed by atoms with Crippen molar-refractivity contribution in [3.63, 3.8) is 0 Å². The van der Waals surface area contributed by atoms with Gasteiger partial charge in [-0.25, -0.2) is 0 Å². The summed E-state index contributed by atoms with van der Waals surface area (Å²) in [6.07, 6.45) is 1.46. The molecule has 1 heterocycles. The van der Waals surface area contributed by atoms with Gasteiger partial charge in [0.2, 0.25) is 5.91 Å². The molecule has 0 aliphatic carbocycles. The quantitative estimate of drug-likeness (QED) is 0.822. The molecule has 0 radical (unpaired) electrons. The van der Waals surface area contributed by atoms with Gasteiger partial charge in [0.1, 0.15) is 5.75 Å². The summed E-state index contributed by atoms with van der Waals surface area (Å²) in [4.78, 5) is 25.3. The molecule has 1 aromatic rings. The maximum Gasteiger partial charge on any atom is 0.258 e. The van der Waals surface area contributed by atoms with E-state index < -0.39 is 5.54 Å². The predicted molar refractivity (Wildman–Crippen MR) is 84.8 cm³/mol. The van der Waals surface area contributed by atoms with Gasteiger partial charge in [-0.1, -0.05) is 6.07 Å². The molecule has 0 atom stereocenters. The van der Waals surface area contributed by atoms with Gasteiger partial charge in [-0.15, -0.1) is 0 Å². The van der Waals surface area contributed by atoms with Crippen LogP contribution >= 0.6 is 0 Å². The van der Waals surface area contributed by atoms with Crippen molar-refractivity contribution in [2.75, 3.05) is 24.6 Å². The first-order valence-corrected chi connectivity index (χ1v) is 7.45. The minimum atomic E-state index is -0.454. The van der Waals surface area contributed by atoms with Crippen molar-refractivity contribution >= 4 is 17.5 Å². The molecule has 1 saturated heterocycles. The third kappa shape index (κ3) is 4.21. The number of rotatable bonds is 6. The number of anilines is 1. The number of carbonyl (C=O) groups excluding carboxylic acids is 2. The van der Waals surface area contributed by atoms with Crippen LogP contribution in [0.4, 0.5) is 5.69 Å². The topological polar surface area (TPSA) is 84.7 Å². The fourth-order valence-corrected chi connectivity index (χ4v) is 2.28. The molecule has 3 N–H and O–H groups in total. The first kappa shape index (κ1) is 16.3. The van der Waals surface area contributed by atoms with Gasteiger partial charge in [0.05, 0.1) is 0 Å². The summed E-state index contributed by atoms with van der Waals surface area (Å²) in [6.45, 7) is 4.70. The maximum atomic E-state index is 11.8. The minimum Gasteiger partial charge on any atom is -0.484 e. The van der Waals surface area contributed by atoms with Crippen LogP contribution in [0, 0.1) is 0 Å². The lowest BCUT2D eigenvalue weighted by atomic mass is 10.1. The van der Waals surface area contributed by atoms with Crippen LogP contribution in [-0.2, 0) is 9.59 Å². The molecule has 22 heavy (non-hydrogen) atoms. The lowest BCUT2D eigenvalue weighted by molar-refractivity contribution is -0.124. The fourth-order valence-electron chi connectivity index (χ4n) is 2.28. The monoisotopic (exact) mass is 305 g/mol. The molecule has 6 nitrogen and oxygen atoms in total. The normalized spacial score (nSPS) is 15.0. The highest BCUT2D eigenvalue weighted by molar-refractivity contribution is 5.95. The zero-order valence-electron chi connectivity index (χ0n) is 13.1. The Labute approximate surface area is 130 Å². The number of hydrogen-bond donors (Lipinski definition) is 2. The van der Waals surface area contributed by atoms with E-state index in [4.69, 9.17) is 10.5 Å². The predicted octanol–water partition coefficient (Wildman–Crippen LogP) is 1.05. The van der Waals surface area contributed by atoms with Crippen molar-refractivity contribution in [3.8, 4) is 5.75 Å². The molecule has 0 unspecified atom stereocenters. The average Bonchev–Trinajstić information content (AvgIpc) is 2.91. The molecule has 1 aromatic carbocycles. The summed E-state index contributed by atoms with van der Waals surface area (Å²) in [5.74, 6) is 0.468. The van der Waals surface area contributed by atoms with Crippen LogP contribution in [-0.4, -0.2) is 37.0 Å². The van der Waals surface area contributed by atoms with E-state index >= 15 is 0 Å². The van der Waals surface area contributed by atoms with Gasteiger partial charge in [-0.05, 0) is 32.4 Å². The van der Waals surface area contributed by atoms with Crippen LogP contribution in [0.1, 0.15) is 26.7 Å². The number of benzene rings is 1.